The summed E-state index contributed by atoms with van der Waals surface area (Å²) >= 11 is 0. The van der Waals surface area contributed by atoms with Gasteiger partial charge < -0.3 is 10.2 Å². The molecule has 2 bridgehead atoms. The van der Waals surface area contributed by atoms with Crippen LogP contribution in [0.15, 0.2) is 0 Å². The minimum Gasteiger partial charge on any atom is -0.390 e. The zero-order chi connectivity index (χ0) is 9.15. The van der Waals surface area contributed by atoms with Crippen molar-refractivity contribution < 1.29 is 10.2 Å². The van der Waals surface area contributed by atoms with Crippen LogP contribution >= 0.6 is 0 Å². The van der Waals surface area contributed by atoms with Crippen molar-refractivity contribution in [3.05, 3.63) is 0 Å². The molecule has 12 heavy (non-hydrogen) atoms. The molecule has 0 saturated heterocycles. The number of rotatable bonds is 0. The standard InChI is InChI=1S/C10H18O2/c1-9(2)6-4-7(9)10(3,12)8(11)5-6/h6-8,11-12H,4-5H2,1-3H3/t6-,7-,8?,10-/m0/s1. The largest absolute Gasteiger partial charge is 0.390 e. The molecule has 2 heteroatoms. The van der Waals surface area contributed by atoms with Crippen molar-refractivity contribution in [2.75, 3.05) is 0 Å². The first kappa shape index (κ1) is 8.52. The molecule has 3 aliphatic carbocycles. The van der Waals surface area contributed by atoms with E-state index in [-0.39, 0.29) is 5.41 Å². The minimum absolute atomic E-state index is 0.239. The van der Waals surface area contributed by atoms with Gasteiger partial charge in [0.15, 0.2) is 0 Å². The number of aliphatic hydroxyl groups excluding tert-OH is 1. The first-order chi connectivity index (χ1) is 5.37. The molecule has 0 aromatic heterocycles. The second-order valence-corrected chi connectivity index (χ2v) is 5.28. The highest BCUT2D eigenvalue weighted by Gasteiger charge is 2.62. The molecule has 3 aliphatic rings. The predicted octanol–water partition coefficient (Wildman–Crippen LogP) is 1.16. The van der Waals surface area contributed by atoms with Crippen LogP contribution in [-0.2, 0) is 0 Å². The normalized spacial score (nSPS) is 56.2. The van der Waals surface area contributed by atoms with Crippen LogP contribution in [0.4, 0.5) is 0 Å². The fraction of sp³-hybridized carbons (Fsp3) is 1.00. The number of hydrogen-bond donors (Lipinski definition) is 2. The van der Waals surface area contributed by atoms with Crippen molar-refractivity contribution in [3.63, 3.8) is 0 Å². The maximum Gasteiger partial charge on any atom is 0.0910 e. The van der Waals surface area contributed by atoms with Crippen molar-refractivity contribution in [2.24, 2.45) is 17.3 Å². The summed E-state index contributed by atoms with van der Waals surface area (Å²) in [5, 5.41) is 19.7. The summed E-state index contributed by atoms with van der Waals surface area (Å²) in [6.45, 7) is 6.18. The zero-order valence-corrected chi connectivity index (χ0v) is 8.04. The first-order valence-corrected chi connectivity index (χ1v) is 4.77. The summed E-state index contributed by atoms with van der Waals surface area (Å²) in [6.07, 6.45) is 1.36. The minimum atomic E-state index is -0.849. The Balaban J connectivity index is 2.27. The van der Waals surface area contributed by atoms with Crippen LogP contribution in [0, 0.1) is 17.3 Å². The molecule has 0 aromatic rings. The Morgan fingerprint density at radius 2 is 1.75 bits per heavy atom. The molecule has 0 aromatic carbocycles. The van der Waals surface area contributed by atoms with Crippen LogP contribution in [0.25, 0.3) is 0 Å². The highest BCUT2D eigenvalue weighted by molar-refractivity contribution is 5.12. The fourth-order valence-electron chi connectivity index (χ4n) is 3.15. The molecule has 0 radical (unpaired) electrons. The molecule has 3 rings (SSSR count). The third-order valence-electron chi connectivity index (χ3n) is 4.36. The number of hydrogen-bond acceptors (Lipinski definition) is 2. The lowest BCUT2D eigenvalue weighted by atomic mass is 9.43. The van der Waals surface area contributed by atoms with Gasteiger partial charge in [0.2, 0.25) is 0 Å². The summed E-state index contributed by atoms with van der Waals surface area (Å²) < 4.78 is 0. The van der Waals surface area contributed by atoms with E-state index >= 15 is 0 Å². The van der Waals surface area contributed by atoms with E-state index in [1.807, 2.05) is 0 Å². The highest BCUT2D eigenvalue weighted by atomic mass is 16.3. The fourth-order valence-corrected chi connectivity index (χ4v) is 3.15. The van der Waals surface area contributed by atoms with E-state index in [1.54, 1.807) is 6.92 Å². The van der Waals surface area contributed by atoms with Crippen LogP contribution in [0.3, 0.4) is 0 Å². The van der Waals surface area contributed by atoms with E-state index in [1.165, 1.54) is 0 Å². The Bertz CT molecular complexity index is 208. The van der Waals surface area contributed by atoms with Crippen LogP contribution in [-0.4, -0.2) is 21.9 Å². The van der Waals surface area contributed by atoms with Gasteiger partial charge in [-0.25, -0.2) is 0 Å². The van der Waals surface area contributed by atoms with Crippen molar-refractivity contribution in [1.29, 1.82) is 0 Å². The summed E-state index contributed by atoms with van der Waals surface area (Å²) in [4.78, 5) is 0. The Labute approximate surface area is 73.6 Å². The van der Waals surface area contributed by atoms with Gasteiger partial charge in [-0.1, -0.05) is 13.8 Å². The van der Waals surface area contributed by atoms with Gasteiger partial charge in [0.25, 0.3) is 0 Å². The summed E-state index contributed by atoms with van der Waals surface area (Å²) in [7, 11) is 0. The average Bonchev–Trinajstić information content (AvgIpc) is 1.93. The van der Waals surface area contributed by atoms with E-state index in [0.29, 0.717) is 11.8 Å². The van der Waals surface area contributed by atoms with Gasteiger partial charge in [0.05, 0.1) is 11.7 Å². The molecular formula is C10H18O2. The average molecular weight is 170 g/mol. The third kappa shape index (κ3) is 0.775. The predicted molar refractivity (Wildman–Crippen MR) is 46.6 cm³/mol. The Morgan fingerprint density at radius 3 is 2.08 bits per heavy atom. The van der Waals surface area contributed by atoms with Gasteiger partial charge >= 0.3 is 0 Å². The smallest absolute Gasteiger partial charge is 0.0910 e. The van der Waals surface area contributed by atoms with Crippen molar-refractivity contribution in [1.82, 2.24) is 0 Å². The lowest BCUT2D eigenvalue weighted by Crippen LogP contribution is -2.66. The summed E-state index contributed by atoms with van der Waals surface area (Å²) in [5.74, 6) is 0.913. The van der Waals surface area contributed by atoms with Crippen LogP contribution in [0.1, 0.15) is 33.6 Å². The van der Waals surface area contributed by atoms with Crippen LogP contribution < -0.4 is 0 Å². The molecule has 0 spiro atoms. The Morgan fingerprint density at radius 1 is 1.17 bits per heavy atom. The lowest BCUT2D eigenvalue weighted by molar-refractivity contribution is -0.245. The topological polar surface area (TPSA) is 40.5 Å². The summed E-state index contributed by atoms with van der Waals surface area (Å²) in [6, 6.07) is 0. The van der Waals surface area contributed by atoms with Gasteiger partial charge in [0.1, 0.15) is 0 Å². The Kier molecular flexibility index (Phi) is 1.45. The van der Waals surface area contributed by atoms with E-state index in [9.17, 15) is 10.2 Å². The second-order valence-electron chi connectivity index (χ2n) is 5.28. The van der Waals surface area contributed by atoms with E-state index in [2.05, 4.69) is 13.8 Å². The molecule has 1 unspecified atom stereocenters. The molecule has 0 aliphatic heterocycles. The summed E-state index contributed by atoms with van der Waals surface area (Å²) in [5.41, 5.74) is -0.610. The molecule has 3 saturated carbocycles. The maximum absolute atomic E-state index is 10.0. The molecule has 2 N–H and O–H groups in total. The molecule has 0 heterocycles. The van der Waals surface area contributed by atoms with Gasteiger partial charge in [-0.2, -0.15) is 0 Å². The monoisotopic (exact) mass is 170 g/mol. The van der Waals surface area contributed by atoms with Crippen molar-refractivity contribution in [2.45, 2.75) is 45.3 Å². The molecular weight excluding hydrogens is 152 g/mol. The van der Waals surface area contributed by atoms with Gasteiger partial charge in [0, 0.05) is 0 Å². The number of aliphatic hydroxyl groups is 2. The van der Waals surface area contributed by atoms with Crippen molar-refractivity contribution in [3.8, 4) is 0 Å². The number of fused-ring (bicyclic) bond motifs is 2. The molecule has 2 nitrogen and oxygen atoms in total. The molecule has 70 valence electrons. The third-order valence-corrected chi connectivity index (χ3v) is 4.36. The zero-order valence-electron chi connectivity index (χ0n) is 8.04. The van der Waals surface area contributed by atoms with E-state index in [4.69, 9.17) is 0 Å². The van der Waals surface area contributed by atoms with Crippen LogP contribution in [0.5, 0.6) is 0 Å². The Hall–Kier alpha value is -0.0800. The van der Waals surface area contributed by atoms with E-state index < -0.39 is 11.7 Å². The highest BCUT2D eigenvalue weighted by Crippen LogP contribution is 2.62. The molecule has 4 atom stereocenters. The maximum atomic E-state index is 10.0. The van der Waals surface area contributed by atoms with Gasteiger partial charge in [-0.3, -0.25) is 0 Å². The van der Waals surface area contributed by atoms with Crippen molar-refractivity contribution >= 4 is 0 Å². The molecule has 0 amide bonds. The second kappa shape index (κ2) is 2.05. The SMILES string of the molecule is CC1(C)[C@@H]2CC(O)[C@@](C)(O)[C@H]1C2. The lowest BCUT2D eigenvalue weighted by Gasteiger charge is -2.64. The van der Waals surface area contributed by atoms with E-state index in [0.717, 1.165) is 12.8 Å². The van der Waals surface area contributed by atoms with Gasteiger partial charge in [-0.05, 0) is 37.0 Å². The van der Waals surface area contributed by atoms with Gasteiger partial charge in [-0.15, -0.1) is 0 Å². The van der Waals surface area contributed by atoms with Crippen LogP contribution in [0.2, 0.25) is 0 Å². The quantitative estimate of drug-likeness (QED) is 0.573. The first-order valence-electron chi connectivity index (χ1n) is 4.77. The molecule has 3 fully saturated rings.